The minimum Gasteiger partial charge on any atom is -0.447 e. The third-order valence-electron chi connectivity index (χ3n) is 4.30. The summed E-state index contributed by atoms with van der Waals surface area (Å²) in [5.41, 5.74) is 1.37. The summed E-state index contributed by atoms with van der Waals surface area (Å²) in [5, 5.41) is 3.50. The Balaban J connectivity index is 1.61. The molecule has 0 saturated heterocycles. The van der Waals surface area contributed by atoms with Crippen LogP contribution in [-0.4, -0.2) is 42.6 Å². The highest BCUT2D eigenvalue weighted by Crippen LogP contribution is 2.31. The molecule has 0 atom stereocenters. The summed E-state index contributed by atoms with van der Waals surface area (Å²) >= 11 is 6.30. The molecule has 1 aliphatic rings. The summed E-state index contributed by atoms with van der Waals surface area (Å²) < 4.78 is 10.4. The molecule has 2 aromatic rings. The number of oxazole rings is 1. The predicted octanol–water partition coefficient (Wildman–Crippen LogP) is 3.12. The zero-order valence-corrected chi connectivity index (χ0v) is 15.7. The van der Waals surface area contributed by atoms with Crippen molar-refractivity contribution >= 4 is 17.5 Å². The Labute approximate surface area is 158 Å². The number of carbonyl (C=O) groups excluding carboxylic acids is 1. The van der Waals surface area contributed by atoms with Crippen molar-refractivity contribution in [3.8, 4) is 0 Å². The molecule has 1 aliphatic carbocycles. The summed E-state index contributed by atoms with van der Waals surface area (Å²) in [7, 11) is 1.59. The molecular weight excluding hydrogens is 354 g/mol. The fourth-order valence-electron chi connectivity index (χ4n) is 2.75. The van der Waals surface area contributed by atoms with Crippen LogP contribution >= 0.6 is 11.6 Å². The van der Waals surface area contributed by atoms with Crippen molar-refractivity contribution in [1.82, 2.24) is 15.2 Å². The number of halogens is 1. The van der Waals surface area contributed by atoms with E-state index < -0.39 is 0 Å². The minimum atomic E-state index is -0.253. The van der Waals surface area contributed by atoms with E-state index in [1.807, 2.05) is 24.3 Å². The van der Waals surface area contributed by atoms with Crippen molar-refractivity contribution in [2.45, 2.75) is 25.9 Å². The first-order chi connectivity index (χ1) is 12.7. The highest BCUT2D eigenvalue weighted by molar-refractivity contribution is 6.31. The molecule has 6 nitrogen and oxygen atoms in total. The fraction of sp³-hybridized carbons (Fsp3) is 0.474. The lowest BCUT2D eigenvalue weighted by molar-refractivity contribution is 0.0932. The summed E-state index contributed by atoms with van der Waals surface area (Å²) in [6, 6.07) is 7.86. The van der Waals surface area contributed by atoms with Gasteiger partial charge in [0, 0.05) is 31.8 Å². The number of amides is 1. The standard InChI is InChI=1S/C19H24ClN3O3/c1-25-9-8-21-19(24)17-13-26-18(22-17)12-23(10-14-6-7-14)11-15-4-2-3-5-16(15)20/h2-5,13-14H,6-12H2,1H3,(H,21,24). The van der Waals surface area contributed by atoms with Gasteiger partial charge in [0.25, 0.3) is 5.91 Å². The molecule has 1 amide bonds. The van der Waals surface area contributed by atoms with Gasteiger partial charge >= 0.3 is 0 Å². The van der Waals surface area contributed by atoms with Gasteiger partial charge < -0.3 is 14.5 Å². The van der Waals surface area contributed by atoms with Crippen LogP contribution in [0.5, 0.6) is 0 Å². The zero-order chi connectivity index (χ0) is 18.4. The topological polar surface area (TPSA) is 67.6 Å². The molecule has 3 rings (SSSR count). The minimum absolute atomic E-state index is 0.253. The molecule has 0 radical (unpaired) electrons. The van der Waals surface area contributed by atoms with Crippen molar-refractivity contribution < 1.29 is 13.9 Å². The number of rotatable bonds is 10. The zero-order valence-electron chi connectivity index (χ0n) is 14.9. The van der Waals surface area contributed by atoms with E-state index in [9.17, 15) is 4.79 Å². The maximum Gasteiger partial charge on any atom is 0.273 e. The summed E-state index contributed by atoms with van der Waals surface area (Å²) in [4.78, 5) is 18.6. The average molecular weight is 378 g/mol. The fourth-order valence-corrected chi connectivity index (χ4v) is 2.95. The van der Waals surface area contributed by atoms with E-state index in [-0.39, 0.29) is 5.91 Å². The lowest BCUT2D eigenvalue weighted by atomic mass is 10.2. The van der Waals surface area contributed by atoms with Crippen molar-refractivity contribution in [1.29, 1.82) is 0 Å². The van der Waals surface area contributed by atoms with Crippen LogP contribution in [0.3, 0.4) is 0 Å². The molecule has 1 aromatic heterocycles. The van der Waals surface area contributed by atoms with Crippen LogP contribution in [0.2, 0.25) is 5.02 Å². The molecule has 1 heterocycles. The lowest BCUT2D eigenvalue weighted by Crippen LogP contribution is -2.27. The summed E-state index contributed by atoms with van der Waals surface area (Å²) in [5.74, 6) is 1.01. The Hall–Kier alpha value is -1.89. The van der Waals surface area contributed by atoms with Gasteiger partial charge in [0.15, 0.2) is 5.69 Å². The molecule has 0 unspecified atom stereocenters. The Morgan fingerprint density at radius 1 is 1.38 bits per heavy atom. The van der Waals surface area contributed by atoms with E-state index in [1.54, 1.807) is 7.11 Å². The highest BCUT2D eigenvalue weighted by Gasteiger charge is 2.25. The molecule has 0 bridgehead atoms. The number of nitrogens with zero attached hydrogens (tertiary/aromatic N) is 2. The van der Waals surface area contributed by atoms with E-state index in [0.717, 1.165) is 29.6 Å². The number of carbonyl (C=O) groups is 1. The van der Waals surface area contributed by atoms with Crippen LogP contribution in [0.15, 0.2) is 34.9 Å². The molecule has 1 fully saturated rings. The normalized spacial score (nSPS) is 14.0. The number of hydrogen-bond acceptors (Lipinski definition) is 5. The molecule has 0 aliphatic heterocycles. The largest absolute Gasteiger partial charge is 0.447 e. The van der Waals surface area contributed by atoms with Gasteiger partial charge in [-0.2, -0.15) is 0 Å². The van der Waals surface area contributed by atoms with Crippen molar-refractivity contribution in [3.05, 3.63) is 52.7 Å². The van der Waals surface area contributed by atoms with Gasteiger partial charge in [-0.3, -0.25) is 9.69 Å². The average Bonchev–Trinajstić information content (AvgIpc) is 3.32. The van der Waals surface area contributed by atoms with E-state index in [2.05, 4.69) is 15.2 Å². The molecule has 7 heteroatoms. The monoisotopic (exact) mass is 377 g/mol. The predicted molar refractivity (Wildman–Crippen MR) is 99.0 cm³/mol. The molecule has 0 spiro atoms. The Morgan fingerprint density at radius 2 is 2.19 bits per heavy atom. The first kappa shape index (κ1) is 18.9. The van der Waals surface area contributed by atoms with Crippen LogP contribution in [0.25, 0.3) is 0 Å². The summed E-state index contributed by atoms with van der Waals surface area (Å²) in [6.07, 6.45) is 3.93. The third kappa shape index (κ3) is 5.56. The van der Waals surface area contributed by atoms with Crippen LogP contribution in [0.1, 0.15) is 34.8 Å². The van der Waals surface area contributed by atoms with Gasteiger partial charge in [-0.1, -0.05) is 29.8 Å². The first-order valence-electron chi connectivity index (χ1n) is 8.83. The van der Waals surface area contributed by atoms with E-state index in [0.29, 0.717) is 31.3 Å². The molecule has 1 aromatic carbocycles. The maximum atomic E-state index is 12.0. The smallest absolute Gasteiger partial charge is 0.273 e. The molecular formula is C19H24ClN3O3. The second-order valence-corrected chi connectivity index (χ2v) is 6.99. The van der Waals surface area contributed by atoms with Crippen molar-refractivity contribution in [3.63, 3.8) is 0 Å². The first-order valence-corrected chi connectivity index (χ1v) is 9.21. The Bertz CT molecular complexity index is 730. The van der Waals surface area contributed by atoms with E-state index in [4.69, 9.17) is 20.8 Å². The van der Waals surface area contributed by atoms with E-state index in [1.165, 1.54) is 19.1 Å². The Morgan fingerprint density at radius 3 is 2.92 bits per heavy atom. The number of methoxy groups -OCH3 is 1. The van der Waals surface area contributed by atoms with Gasteiger partial charge in [0.05, 0.1) is 13.2 Å². The Kier molecular flexibility index (Phi) is 6.66. The lowest BCUT2D eigenvalue weighted by Gasteiger charge is -2.21. The van der Waals surface area contributed by atoms with Gasteiger partial charge in [0.2, 0.25) is 5.89 Å². The van der Waals surface area contributed by atoms with Gasteiger partial charge in [-0.05, 0) is 30.4 Å². The maximum absolute atomic E-state index is 12.0. The van der Waals surface area contributed by atoms with Crippen LogP contribution in [0, 0.1) is 5.92 Å². The van der Waals surface area contributed by atoms with Crippen LogP contribution in [0.4, 0.5) is 0 Å². The highest BCUT2D eigenvalue weighted by atomic mass is 35.5. The quantitative estimate of drug-likeness (QED) is 0.644. The van der Waals surface area contributed by atoms with Crippen molar-refractivity contribution in [2.75, 3.05) is 26.8 Å². The number of nitrogens with one attached hydrogen (secondary N) is 1. The van der Waals surface area contributed by atoms with Gasteiger partial charge in [-0.15, -0.1) is 0 Å². The number of aromatic nitrogens is 1. The molecule has 1 saturated carbocycles. The summed E-state index contributed by atoms with van der Waals surface area (Å²) in [6.45, 7) is 3.16. The van der Waals surface area contributed by atoms with Gasteiger partial charge in [0.1, 0.15) is 6.26 Å². The van der Waals surface area contributed by atoms with E-state index >= 15 is 0 Å². The van der Waals surface area contributed by atoms with Crippen LogP contribution in [-0.2, 0) is 17.8 Å². The van der Waals surface area contributed by atoms with Gasteiger partial charge in [-0.25, -0.2) is 4.98 Å². The SMILES string of the molecule is COCCNC(=O)c1coc(CN(Cc2ccccc2Cl)CC2CC2)n1. The third-order valence-corrected chi connectivity index (χ3v) is 4.67. The van der Waals surface area contributed by atoms with Crippen LogP contribution < -0.4 is 5.32 Å². The molecule has 1 N–H and O–H groups in total. The number of ether oxygens (including phenoxy) is 1. The molecule has 26 heavy (non-hydrogen) atoms. The number of benzene rings is 1. The second-order valence-electron chi connectivity index (χ2n) is 6.58. The second kappa shape index (κ2) is 9.16. The number of hydrogen-bond donors (Lipinski definition) is 1. The molecule has 140 valence electrons. The van der Waals surface area contributed by atoms with Crippen molar-refractivity contribution in [2.24, 2.45) is 5.92 Å².